The Morgan fingerprint density at radius 2 is 1.92 bits per heavy atom. The molecule has 1 heterocycles. The Kier molecular flexibility index (Phi) is 8.01. The monoisotopic (exact) mass is 342 g/mol. The van der Waals surface area contributed by atoms with E-state index in [-0.39, 0.29) is 25.5 Å². The summed E-state index contributed by atoms with van der Waals surface area (Å²) in [7, 11) is 0. The first-order valence-corrected chi connectivity index (χ1v) is 8.67. The summed E-state index contributed by atoms with van der Waals surface area (Å²) in [5.41, 5.74) is -0.569. The topological polar surface area (TPSA) is 84.9 Å². The predicted octanol–water partition coefficient (Wildman–Crippen LogP) is 2.24. The van der Waals surface area contributed by atoms with Gasteiger partial charge in [-0.05, 0) is 40.5 Å². The number of nitrogens with zero attached hydrogens (tertiary/aromatic N) is 1. The zero-order chi connectivity index (χ0) is 18.2. The van der Waals surface area contributed by atoms with Crippen LogP contribution >= 0.6 is 0 Å². The lowest BCUT2D eigenvalue weighted by molar-refractivity contribution is -0.147. The maximum absolute atomic E-state index is 12.2. The smallest absolute Gasteiger partial charge is 0.410 e. The van der Waals surface area contributed by atoms with E-state index in [0.29, 0.717) is 13.0 Å². The molecule has 0 radical (unpaired) electrons. The average molecular weight is 342 g/mol. The van der Waals surface area contributed by atoms with E-state index in [4.69, 9.17) is 9.47 Å². The van der Waals surface area contributed by atoms with Gasteiger partial charge < -0.3 is 19.7 Å². The van der Waals surface area contributed by atoms with Crippen LogP contribution in [0.4, 0.5) is 4.79 Å². The fraction of sp³-hybridized carbons (Fsp3) is 0.824. The first-order valence-electron chi connectivity index (χ1n) is 8.67. The third-order valence-electron chi connectivity index (χ3n) is 3.59. The Morgan fingerprint density at radius 3 is 2.54 bits per heavy atom. The molecule has 138 valence electrons. The van der Waals surface area contributed by atoms with Gasteiger partial charge in [-0.2, -0.15) is 0 Å². The molecule has 0 saturated carbocycles. The van der Waals surface area contributed by atoms with Crippen LogP contribution in [0.25, 0.3) is 0 Å². The van der Waals surface area contributed by atoms with E-state index in [2.05, 4.69) is 5.32 Å². The molecule has 1 atom stereocenters. The molecule has 0 aromatic rings. The summed E-state index contributed by atoms with van der Waals surface area (Å²) >= 11 is 0. The minimum absolute atomic E-state index is 0.134. The van der Waals surface area contributed by atoms with Crippen molar-refractivity contribution in [3.63, 3.8) is 0 Å². The van der Waals surface area contributed by atoms with Crippen molar-refractivity contribution in [3.05, 3.63) is 0 Å². The molecule has 1 fully saturated rings. The number of nitrogens with one attached hydrogen (secondary N) is 1. The second kappa shape index (κ2) is 9.49. The molecule has 1 N–H and O–H groups in total. The van der Waals surface area contributed by atoms with E-state index in [1.165, 1.54) is 0 Å². The maximum atomic E-state index is 12.2. The third-order valence-corrected chi connectivity index (χ3v) is 3.59. The van der Waals surface area contributed by atoms with Crippen molar-refractivity contribution in [2.45, 2.75) is 71.4 Å². The molecule has 0 spiro atoms. The molecule has 1 aliphatic rings. The molecule has 7 heteroatoms. The fourth-order valence-electron chi connectivity index (χ4n) is 2.44. The third kappa shape index (κ3) is 7.66. The lowest BCUT2D eigenvalue weighted by atomic mass is 10.1. The molecule has 0 unspecified atom stereocenters. The van der Waals surface area contributed by atoms with Crippen molar-refractivity contribution < 1.29 is 23.9 Å². The van der Waals surface area contributed by atoms with Gasteiger partial charge in [-0.15, -0.1) is 0 Å². The summed E-state index contributed by atoms with van der Waals surface area (Å²) in [6.07, 6.45) is 2.74. The van der Waals surface area contributed by atoms with E-state index in [9.17, 15) is 14.4 Å². The molecule has 24 heavy (non-hydrogen) atoms. The second-order valence-corrected chi connectivity index (χ2v) is 6.94. The molecule has 7 nitrogen and oxygen atoms in total. The van der Waals surface area contributed by atoms with E-state index in [1.54, 1.807) is 11.8 Å². The van der Waals surface area contributed by atoms with Crippen molar-refractivity contribution in [1.29, 1.82) is 0 Å². The lowest BCUT2D eigenvalue weighted by Gasteiger charge is -2.27. The first-order chi connectivity index (χ1) is 11.2. The van der Waals surface area contributed by atoms with Crippen LogP contribution < -0.4 is 5.32 Å². The van der Waals surface area contributed by atoms with Gasteiger partial charge >= 0.3 is 12.1 Å². The average Bonchev–Trinajstić information content (AvgIpc) is 2.50. The summed E-state index contributed by atoms with van der Waals surface area (Å²) < 4.78 is 10.4. The van der Waals surface area contributed by atoms with Gasteiger partial charge in [-0.1, -0.05) is 12.8 Å². The molecule has 2 amide bonds. The SMILES string of the molecule is CCOC(=O)[C@@H]1CCCCCN(C(=O)OC(C)(C)C)CCC(=O)N1. The highest BCUT2D eigenvalue weighted by molar-refractivity contribution is 5.84. The van der Waals surface area contributed by atoms with E-state index < -0.39 is 23.7 Å². The summed E-state index contributed by atoms with van der Waals surface area (Å²) in [4.78, 5) is 37.8. The Morgan fingerprint density at radius 1 is 1.21 bits per heavy atom. The van der Waals surface area contributed by atoms with E-state index in [0.717, 1.165) is 19.3 Å². The zero-order valence-electron chi connectivity index (χ0n) is 15.2. The summed E-state index contributed by atoms with van der Waals surface area (Å²) in [5.74, 6) is -0.655. The van der Waals surface area contributed by atoms with Crippen molar-refractivity contribution in [1.82, 2.24) is 10.2 Å². The normalized spacial score (nSPS) is 20.6. The summed E-state index contributed by atoms with van der Waals surface area (Å²) in [6.45, 7) is 8.29. The zero-order valence-corrected chi connectivity index (χ0v) is 15.2. The number of hydrogen-bond acceptors (Lipinski definition) is 5. The van der Waals surface area contributed by atoms with Crippen LogP contribution in [-0.4, -0.2) is 54.2 Å². The highest BCUT2D eigenvalue weighted by Gasteiger charge is 2.25. The number of hydrogen-bond donors (Lipinski definition) is 1. The minimum Gasteiger partial charge on any atom is -0.464 e. The molecular formula is C17H30N2O5. The van der Waals surface area contributed by atoms with E-state index in [1.807, 2.05) is 20.8 Å². The Hall–Kier alpha value is -1.79. The number of rotatable bonds is 2. The van der Waals surface area contributed by atoms with Gasteiger partial charge in [0.05, 0.1) is 6.61 Å². The lowest BCUT2D eigenvalue weighted by Crippen LogP contribution is -2.43. The van der Waals surface area contributed by atoms with Gasteiger partial charge in [0.25, 0.3) is 0 Å². The Balaban J connectivity index is 2.67. The number of esters is 1. The quantitative estimate of drug-likeness (QED) is 0.778. The van der Waals surface area contributed by atoms with Crippen molar-refractivity contribution in [2.24, 2.45) is 0 Å². The standard InChI is InChI=1S/C17H30N2O5/c1-5-23-15(21)13-9-7-6-8-11-19(12-10-14(20)18-13)16(22)24-17(2,3)4/h13H,5-12H2,1-4H3,(H,18,20)/t13-/m0/s1. The molecule has 1 aliphatic heterocycles. The Labute approximate surface area is 144 Å². The maximum Gasteiger partial charge on any atom is 0.410 e. The molecule has 1 rings (SSSR count). The van der Waals surface area contributed by atoms with Crippen molar-refractivity contribution >= 4 is 18.0 Å². The van der Waals surface area contributed by atoms with Gasteiger partial charge in [-0.25, -0.2) is 9.59 Å². The summed E-state index contributed by atoms with van der Waals surface area (Å²) in [6, 6.07) is -0.606. The molecule has 0 bridgehead atoms. The molecule has 0 aliphatic carbocycles. The van der Waals surface area contributed by atoms with Gasteiger partial charge in [0.2, 0.25) is 5.91 Å². The number of amides is 2. The van der Waals surface area contributed by atoms with Crippen molar-refractivity contribution in [3.8, 4) is 0 Å². The number of carbonyl (C=O) groups excluding carboxylic acids is 3. The highest BCUT2D eigenvalue weighted by Crippen LogP contribution is 2.13. The van der Waals surface area contributed by atoms with Crippen LogP contribution in [0, 0.1) is 0 Å². The van der Waals surface area contributed by atoms with Crippen LogP contribution in [0.5, 0.6) is 0 Å². The van der Waals surface area contributed by atoms with Gasteiger partial charge in [-0.3, -0.25) is 4.79 Å². The minimum atomic E-state index is -0.606. The van der Waals surface area contributed by atoms with Crippen LogP contribution in [-0.2, 0) is 19.1 Å². The Bertz CT molecular complexity index is 445. The first kappa shape index (κ1) is 20.3. The van der Waals surface area contributed by atoms with Crippen molar-refractivity contribution in [2.75, 3.05) is 19.7 Å². The number of carbonyl (C=O) groups is 3. The van der Waals surface area contributed by atoms with Crippen LogP contribution in [0.2, 0.25) is 0 Å². The second-order valence-electron chi connectivity index (χ2n) is 6.94. The van der Waals surface area contributed by atoms with Crippen LogP contribution in [0.3, 0.4) is 0 Å². The molecular weight excluding hydrogens is 312 g/mol. The van der Waals surface area contributed by atoms with Gasteiger partial charge in [0.15, 0.2) is 0 Å². The predicted molar refractivity (Wildman–Crippen MR) is 89.5 cm³/mol. The van der Waals surface area contributed by atoms with Gasteiger partial charge in [0, 0.05) is 19.5 Å². The van der Waals surface area contributed by atoms with Crippen LogP contribution in [0.1, 0.15) is 59.8 Å². The summed E-state index contributed by atoms with van der Waals surface area (Å²) in [5, 5.41) is 2.71. The van der Waals surface area contributed by atoms with E-state index >= 15 is 0 Å². The number of ether oxygens (including phenoxy) is 2. The fourth-order valence-corrected chi connectivity index (χ4v) is 2.44. The molecule has 0 aromatic carbocycles. The largest absolute Gasteiger partial charge is 0.464 e. The molecule has 1 saturated heterocycles. The highest BCUT2D eigenvalue weighted by atomic mass is 16.6. The van der Waals surface area contributed by atoms with Crippen LogP contribution in [0.15, 0.2) is 0 Å². The molecule has 0 aromatic heterocycles. The van der Waals surface area contributed by atoms with Gasteiger partial charge in [0.1, 0.15) is 11.6 Å².